The van der Waals surface area contributed by atoms with Crippen molar-refractivity contribution in [2.45, 2.75) is 0 Å². The highest BCUT2D eigenvalue weighted by Crippen LogP contribution is 2.16. The van der Waals surface area contributed by atoms with E-state index in [1.54, 1.807) is 0 Å². The maximum atomic E-state index is 11.3. The van der Waals surface area contributed by atoms with Crippen LogP contribution >= 0.6 is 24.0 Å². The minimum Gasteiger partial charge on any atom is -0.480 e. The molecule has 2 N–H and O–H groups in total. The van der Waals surface area contributed by atoms with Gasteiger partial charge in [-0.25, -0.2) is 0 Å². The molecule has 90 valence electrons. The van der Waals surface area contributed by atoms with E-state index in [4.69, 9.17) is 17.3 Å². The van der Waals surface area contributed by atoms with Crippen LogP contribution in [-0.4, -0.2) is 63.8 Å². The van der Waals surface area contributed by atoms with E-state index in [-0.39, 0.29) is 19.0 Å². The second-order valence-corrected chi connectivity index (χ2v) is 4.96. The largest absolute Gasteiger partial charge is 0.480 e. The Balaban J connectivity index is 2.29. The van der Waals surface area contributed by atoms with Crippen LogP contribution < -0.4 is 5.32 Å². The van der Waals surface area contributed by atoms with E-state index in [9.17, 15) is 9.59 Å². The Hall–Kier alpha value is -0.860. The molecule has 0 radical (unpaired) electrons. The van der Waals surface area contributed by atoms with E-state index in [1.165, 1.54) is 11.8 Å². The van der Waals surface area contributed by atoms with Gasteiger partial charge in [-0.15, -0.1) is 0 Å². The molecule has 1 fully saturated rings. The molecule has 0 bridgehead atoms. The maximum Gasteiger partial charge on any atom is 0.322 e. The summed E-state index contributed by atoms with van der Waals surface area (Å²) in [5.41, 5.74) is 0. The number of rotatable bonds is 4. The predicted molar refractivity (Wildman–Crippen MR) is 65.0 cm³/mol. The van der Waals surface area contributed by atoms with Crippen molar-refractivity contribution >= 4 is 40.2 Å². The molecule has 0 aromatic carbocycles. The molecule has 8 heteroatoms. The van der Waals surface area contributed by atoms with E-state index in [1.807, 2.05) is 16.8 Å². The molecule has 0 saturated carbocycles. The van der Waals surface area contributed by atoms with E-state index < -0.39 is 5.97 Å². The van der Waals surface area contributed by atoms with Gasteiger partial charge in [0.2, 0.25) is 5.91 Å². The van der Waals surface area contributed by atoms with Crippen molar-refractivity contribution < 1.29 is 14.7 Å². The summed E-state index contributed by atoms with van der Waals surface area (Å²) in [4.78, 5) is 25.3. The number of amides is 1. The molecule has 0 unspecified atom stereocenters. The summed E-state index contributed by atoms with van der Waals surface area (Å²) in [5.74, 6) is -0.673. The summed E-state index contributed by atoms with van der Waals surface area (Å²) in [5, 5.41) is 10.7. The zero-order valence-electron chi connectivity index (χ0n) is 8.80. The van der Waals surface area contributed by atoms with Gasteiger partial charge in [0.15, 0.2) is 0 Å². The first-order chi connectivity index (χ1) is 7.49. The quantitative estimate of drug-likeness (QED) is 0.654. The van der Waals surface area contributed by atoms with Gasteiger partial charge in [-0.1, -0.05) is 24.0 Å². The Morgan fingerprint density at radius 3 is 2.88 bits per heavy atom. The first kappa shape index (κ1) is 13.2. The molecule has 1 saturated heterocycles. The highest BCUT2D eigenvalue weighted by molar-refractivity contribution is 8.22. The van der Waals surface area contributed by atoms with Gasteiger partial charge in [-0.2, -0.15) is 0 Å². The van der Waals surface area contributed by atoms with Crippen LogP contribution in [0.4, 0.5) is 0 Å². The molecular formula is C8H13N3O3S2. The molecule has 0 aromatic heterocycles. The monoisotopic (exact) mass is 263 g/mol. The number of thioether (sulfide) groups is 1. The van der Waals surface area contributed by atoms with Gasteiger partial charge in [0, 0.05) is 7.05 Å². The van der Waals surface area contributed by atoms with Gasteiger partial charge in [0.05, 0.1) is 19.1 Å². The van der Waals surface area contributed by atoms with E-state index in [0.29, 0.717) is 12.5 Å². The molecule has 1 rings (SSSR count). The van der Waals surface area contributed by atoms with Gasteiger partial charge in [-0.05, 0) is 0 Å². The third-order valence-electron chi connectivity index (χ3n) is 1.90. The number of carboxylic acids is 1. The number of hydrogen-bond acceptors (Lipinski definition) is 5. The van der Waals surface area contributed by atoms with Gasteiger partial charge in [-0.3, -0.25) is 14.5 Å². The molecular weight excluding hydrogens is 250 g/mol. The smallest absolute Gasteiger partial charge is 0.322 e. The zero-order valence-corrected chi connectivity index (χ0v) is 10.4. The summed E-state index contributed by atoms with van der Waals surface area (Å²) in [6, 6.07) is 0. The second-order valence-electron chi connectivity index (χ2n) is 3.38. The predicted octanol–water partition coefficient (Wildman–Crippen LogP) is -0.632. The van der Waals surface area contributed by atoms with Crippen LogP contribution in [-0.2, 0) is 9.59 Å². The Bertz CT molecular complexity index is 311. The standard InChI is InChI=1S/C8H13N3O3S2/c1-10-4-11(5-16-8(10)15)3-6(12)9-2-7(13)14/h2-5H2,1H3,(H,9,12)(H,13,14). The van der Waals surface area contributed by atoms with Crippen LogP contribution in [0.15, 0.2) is 0 Å². The normalized spacial score (nSPS) is 17.3. The lowest BCUT2D eigenvalue weighted by Gasteiger charge is -2.33. The average molecular weight is 263 g/mol. The number of carbonyl (C=O) groups is 2. The highest BCUT2D eigenvalue weighted by Gasteiger charge is 2.20. The van der Waals surface area contributed by atoms with Crippen molar-refractivity contribution in [3.8, 4) is 0 Å². The number of nitrogens with zero attached hydrogens (tertiary/aromatic N) is 2. The third-order valence-corrected chi connectivity index (χ3v) is 3.62. The van der Waals surface area contributed by atoms with E-state index in [0.717, 1.165) is 4.32 Å². The lowest BCUT2D eigenvalue weighted by atomic mass is 10.5. The van der Waals surface area contributed by atoms with Crippen LogP contribution in [0.2, 0.25) is 0 Å². The minimum absolute atomic E-state index is 0.188. The molecule has 0 aromatic rings. The van der Waals surface area contributed by atoms with E-state index >= 15 is 0 Å². The number of aliphatic carboxylic acids is 1. The fourth-order valence-electron chi connectivity index (χ4n) is 1.18. The molecule has 1 aliphatic heterocycles. The van der Waals surface area contributed by atoms with Gasteiger partial charge < -0.3 is 15.3 Å². The van der Waals surface area contributed by atoms with Gasteiger partial charge >= 0.3 is 5.97 Å². The molecule has 0 atom stereocenters. The maximum absolute atomic E-state index is 11.3. The number of nitrogens with one attached hydrogen (secondary N) is 1. The Kier molecular flexibility index (Phi) is 4.97. The topological polar surface area (TPSA) is 72.9 Å². The Labute approximate surface area is 103 Å². The third kappa shape index (κ3) is 4.33. The molecule has 6 nitrogen and oxygen atoms in total. The van der Waals surface area contributed by atoms with Crippen LogP contribution in [0.3, 0.4) is 0 Å². The molecule has 1 aliphatic rings. The van der Waals surface area contributed by atoms with Crippen molar-refractivity contribution in [2.75, 3.05) is 32.7 Å². The van der Waals surface area contributed by atoms with Crippen molar-refractivity contribution in [3.63, 3.8) is 0 Å². The van der Waals surface area contributed by atoms with Gasteiger partial charge in [0.25, 0.3) is 0 Å². The van der Waals surface area contributed by atoms with Crippen molar-refractivity contribution in [1.29, 1.82) is 0 Å². The van der Waals surface area contributed by atoms with Crippen LogP contribution in [0.25, 0.3) is 0 Å². The fourth-order valence-corrected chi connectivity index (χ4v) is 2.14. The Morgan fingerprint density at radius 2 is 2.31 bits per heavy atom. The van der Waals surface area contributed by atoms with Crippen LogP contribution in [0, 0.1) is 0 Å². The number of hydrogen-bond donors (Lipinski definition) is 2. The average Bonchev–Trinajstić information content (AvgIpc) is 2.21. The molecule has 1 amide bonds. The Morgan fingerprint density at radius 1 is 1.62 bits per heavy atom. The molecule has 0 spiro atoms. The first-order valence-electron chi connectivity index (χ1n) is 4.58. The second kappa shape index (κ2) is 6.02. The number of carbonyl (C=O) groups excluding carboxylic acids is 1. The summed E-state index contributed by atoms with van der Waals surface area (Å²) < 4.78 is 0.808. The summed E-state index contributed by atoms with van der Waals surface area (Å²) in [7, 11) is 1.86. The van der Waals surface area contributed by atoms with Crippen molar-refractivity contribution in [1.82, 2.24) is 15.1 Å². The SMILES string of the molecule is CN1CN(CC(=O)NCC(=O)O)CSC1=S. The molecule has 16 heavy (non-hydrogen) atoms. The summed E-state index contributed by atoms with van der Waals surface area (Å²) >= 11 is 6.55. The fraction of sp³-hybridized carbons (Fsp3) is 0.625. The van der Waals surface area contributed by atoms with Crippen molar-refractivity contribution in [2.24, 2.45) is 0 Å². The van der Waals surface area contributed by atoms with E-state index in [2.05, 4.69) is 5.32 Å². The molecule has 0 aliphatic carbocycles. The van der Waals surface area contributed by atoms with Crippen LogP contribution in [0.5, 0.6) is 0 Å². The summed E-state index contributed by atoms with van der Waals surface area (Å²) in [6.07, 6.45) is 0. The van der Waals surface area contributed by atoms with Gasteiger partial charge in [0.1, 0.15) is 10.9 Å². The highest BCUT2D eigenvalue weighted by atomic mass is 32.2. The number of carboxylic acid groups (broad SMARTS) is 1. The minimum atomic E-state index is -1.04. The number of thiocarbonyl (C=S) groups is 1. The zero-order chi connectivity index (χ0) is 12.1. The lowest BCUT2D eigenvalue weighted by Crippen LogP contribution is -2.47. The van der Waals surface area contributed by atoms with Crippen molar-refractivity contribution in [3.05, 3.63) is 0 Å². The molecule has 1 heterocycles. The van der Waals surface area contributed by atoms with Crippen LogP contribution in [0.1, 0.15) is 0 Å². The summed E-state index contributed by atoms with van der Waals surface area (Å²) in [6.45, 7) is 0.438. The first-order valence-corrected chi connectivity index (χ1v) is 5.97. The lowest BCUT2D eigenvalue weighted by molar-refractivity contribution is -0.138.